The molecule has 0 heterocycles. The van der Waals surface area contributed by atoms with Gasteiger partial charge in [-0.2, -0.15) is 0 Å². The molecule has 2 nitrogen and oxygen atoms in total. The van der Waals surface area contributed by atoms with Crippen molar-refractivity contribution in [2.75, 3.05) is 5.73 Å². The van der Waals surface area contributed by atoms with Gasteiger partial charge in [0.15, 0.2) is 5.78 Å². The summed E-state index contributed by atoms with van der Waals surface area (Å²) in [6.45, 7) is 0. The summed E-state index contributed by atoms with van der Waals surface area (Å²) in [6, 6.07) is 6.14. The van der Waals surface area contributed by atoms with Gasteiger partial charge in [0, 0.05) is 5.56 Å². The first kappa shape index (κ1) is 14.0. The molecule has 2 N–H and O–H groups in total. The highest BCUT2D eigenvalue weighted by Gasteiger charge is 2.19. The molecule has 0 bridgehead atoms. The van der Waals surface area contributed by atoms with Crippen LogP contribution >= 0.6 is 27.5 Å². The van der Waals surface area contributed by atoms with Crippen molar-refractivity contribution in [3.63, 3.8) is 0 Å². The Kier molecular flexibility index (Phi) is 3.87. The molecule has 0 atom stereocenters. The number of carbonyl (C=O) groups is 1. The van der Waals surface area contributed by atoms with Gasteiger partial charge in [-0.25, -0.2) is 8.78 Å². The SMILES string of the molecule is Nc1c(Cl)cccc1C(=O)c1cc(F)c(Br)cc1F. The van der Waals surface area contributed by atoms with E-state index in [4.69, 9.17) is 17.3 Å². The molecule has 0 unspecified atom stereocenters. The van der Waals surface area contributed by atoms with Gasteiger partial charge in [0.2, 0.25) is 0 Å². The van der Waals surface area contributed by atoms with Crippen LogP contribution in [-0.2, 0) is 0 Å². The van der Waals surface area contributed by atoms with Gasteiger partial charge in [-0.05, 0) is 40.2 Å². The quantitative estimate of drug-likeness (QED) is 0.503. The van der Waals surface area contributed by atoms with Crippen LogP contribution in [0.15, 0.2) is 34.8 Å². The zero-order valence-corrected chi connectivity index (χ0v) is 11.7. The zero-order valence-electron chi connectivity index (χ0n) is 9.38. The van der Waals surface area contributed by atoms with Crippen LogP contribution in [0, 0.1) is 11.6 Å². The summed E-state index contributed by atoms with van der Waals surface area (Å²) in [6.07, 6.45) is 0. The second-order valence-corrected chi connectivity index (χ2v) is 5.04. The van der Waals surface area contributed by atoms with Crippen LogP contribution < -0.4 is 5.73 Å². The number of hydrogen-bond donors (Lipinski definition) is 1. The summed E-state index contributed by atoms with van der Waals surface area (Å²) in [5, 5.41) is 0.184. The predicted molar refractivity (Wildman–Crippen MR) is 73.4 cm³/mol. The van der Waals surface area contributed by atoms with Gasteiger partial charge in [-0.1, -0.05) is 17.7 Å². The fourth-order valence-corrected chi connectivity index (χ4v) is 2.07. The molecule has 0 aromatic heterocycles. The zero-order chi connectivity index (χ0) is 14.2. The summed E-state index contributed by atoms with van der Waals surface area (Å²) in [5.41, 5.74) is 5.34. The van der Waals surface area contributed by atoms with Crippen molar-refractivity contribution in [1.29, 1.82) is 0 Å². The molecule has 2 aromatic rings. The third-order valence-electron chi connectivity index (χ3n) is 2.55. The number of rotatable bonds is 2. The highest BCUT2D eigenvalue weighted by atomic mass is 79.9. The Morgan fingerprint density at radius 3 is 2.53 bits per heavy atom. The number of ketones is 1. The lowest BCUT2D eigenvalue weighted by molar-refractivity contribution is 0.103. The summed E-state index contributed by atoms with van der Waals surface area (Å²) < 4.78 is 27.0. The Morgan fingerprint density at radius 2 is 1.84 bits per heavy atom. The third-order valence-corrected chi connectivity index (χ3v) is 3.49. The van der Waals surface area contributed by atoms with Crippen molar-refractivity contribution in [3.05, 3.63) is 62.6 Å². The molecule has 0 aliphatic heterocycles. The van der Waals surface area contributed by atoms with E-state index in [1.807, 2.05) is 0 Å². The van der Waals surface area contributed by atoms with E-state index < -0.39 is 23.0 Å². The third kappa shape index (κ3) is 2.62. The molecular formula is C13H7BrClF2NO. The maximum absolute atomic E-state index is 13.7. The fourth-order valence-electron chi connectivity index (χ4n) is 1.58. The lowest BCUT2D eigenvalue weighted by Crippen LogP contribution is -2.08. The van der Waals surface area contributed by atoms with Crippen molar-refractivity contribution >= 4 is 39.0 Å². The van der Waals surface area contributed by atoms with Crippen LogP contribution in [0.3, 0.4) is 0 Å². The van der Waals surface area contributed by atoms with E-state index in [1.165, 1.54) is 18.2 Å². The maximum atomic E-state index is 13.7. The molecule has 19 heavy (non-hydrogen) atoms. The lowest BCUT2D eigenvalue weighted by Gasteiger charge is -2.08. The van der Waals surface area contributed by atoms with Crippen molar-refractivity contribution in [2.24, 2.45) is 0 Å². The number of nitrogens with two attached hydrogens (primary N) is 1. The standard InChI is InChI=1S/C13H7BrClF2NO/c14-8-5-10(16)7(4-11(8)17)13(19)6-2-1-3-9(15)12(6)18/h1-5H,18H2. The first-order chi connectivity index (χ1) is 8.91. The maximum Gasteiger partial charge on any atom is 0.198 e. The summed E-state index contributed by atoms with van der Waals surface area (Å²) in [7, 11) is 0. The van der Waals surface area contributed by atoms with Crippen molar-refractivity contribution < 1.29 is 13.6 Å². The van der Waals surface area contributed by atoms with Gasteiger partial charge in [0.05, 0.1) is 20.7 Å². The number of hydrogen-bond acceptors (Lipinski definition) is 2. The van der Waals surface area contributed by atoms with Gasteiger partial charge in [0.25, 0.3) is 0 Å². The van der Waals surface area contributed by atoms with Crippen molar-refractivity contribution in [1.82, 2.24) is 0 Å². The molecule has 2 rings (SSSR count). The van der Waals surface area contributed by atoms with E-state index in [2.05, 4.69) is 15.9 Å². The van der Waals surface area contributed by atoms with Crippen LogP contribution in [0.4, 0.5) is 14.5 Å². The van der Waals surface area contributed by atoms with Gasteiger partial charge in [0.1, 0.15) is 11.6 Å². The Balaban J connectivity index is 2.56. The van der Waals surface area contributed by atoms with Gasteiger partial charge in [-0.3, -0.25) is 4.79 Å². The van der Waals surface area contributed by atoms with Crippen LogP contribution in [0.5, 0.6) is 0 Å². The number of halogens is 4. The molecule has 98 valence electrons. The summed E-state index contributed by atoms with van der Waals surface area (Å²) in [4.78, 5) is 12.1. The van der Waals surface area contributed by atoms with Gasteiger partial charge in [-0.15, -0.1) is 0 Å². The molecule has 0 aliphatic carbocycles. The predicted octanol–water partition coefficient (Wildman–Crippen LogP) is 4.19. The molecule has 0 aliphatic rings. The van der Waals surface area contributed by atoms with Crippen molar-refractivity contribution in [2.45, 2.75) is 0 Å². The van der Waals surface area contributed by atoms with Crippen LogP contribution in [0.25, 0.3) is 0 Å². The highest BCUT2D eigenvalue weighted by Crippen LogP contribution is 2.27. The molecule has 0 saturated carbocycles. The van der Waals surface area contributed by atoms with Gasteiger partial charge >= 0.3 is 0 Å². The van der Waals surface area contributed by atoms with E-state index in [1.54, 1.807) is 0 Å². The molecule has 6 heteroatoms. The smallest absolute Gasteiger partial charge is 0.198 e. The average molecular weight is 347 g/mol. The molecule has 0 saturated heterocycles. The van der Waals surface area contributed by atoms with Gasteiger partial charge < -0.3 is 5.73 Å². The minimum Gasteiger partial charge on any atom is -0.397 e. The molecule has 0 fully saturated rings. The first-order valence-electron chi connectivity index (χ1n) is 5.15. The van der Waals surface area contributed by atoms with E-state index in [0.29, 0.717) is 0 Å². The monoisotopic (exact) mass is 345 g/mol. The number of carbonyl (C=O) groups excluding carboxylic acids is 1. The van der Waals surface area contributed by atoms with Crippen LogP contribution in [0.2, 0.25) is 5.02 Å². The Bertz CT molecular complexity index is 676. The number of nitrogen functional groups attached to an aromatic ring is 1. The van der Waals surface area contributed by atoms with E-state index in [-0.39, 0.29) is 20.7 Å². The Hall–Kier alpha value is -1.46. The average Bonchev–Trinajstić information content (AvgIpc) is 2.36. The molecular weight excluding hydrogens is 340 g/mol. The van der Waals surface area contributed by atoms with E-state index >= 15 is 0 Å². The van der Waals surface area contributed by atoms with E-state index in [0.717, 1.165) is 12.1 Å². The summed E-state index contributed by atoms with van der Waals surface area (Å²) >= 11 is 8.63. The first-order valence-corrected chi connectivity index (χ1v) is 6.32. The second kappa shape index (κ2) is 5.27. The molecule has 0 spiro atoms. The van der Waals surface area contributed by atoms with E-state index in [9.17, 15) is 13.6 Å². The number of para-hydroxylation sites is 1. The number of anilines is 1. The Labute approximate surface area is 121 Å². The molecule has 0 radical (unpaired) electrons. The fraction of sp³-hybridized carbons (Fsp3) is 0. The number of benzene rings is 2. The van der Waals surface area contributed by atoms with Crippen LogP contribution in [-0.4, -0.2) is 5.78 Å². The Morgan fingerprint density at radius 1 is 1.16 bits per heavy atom. The minimum atomic E-state index is -0.836. The largest absolute Gasteiger partial charge is 0.397 e. The normalized spacial score (nSPS) is 10.5. The topological polar surface area (TPSA) is 43.1 Å². The minimum absolute atomic E-state index is 0.0353. The van der Waals surface area contributed by atoms with Crippen molar-refractivity contribution in [3.8, 4) is 0 Å². The molecule has 2 aromatic carbocycles. The van der Waals surface area contributed by atoms with Crippen LogP contribution in [0.1, 0.15) is 15.9 Å². The molecule has 0 amide bonds. The summed E-state index contributed by atoms with van der Waals surface area (Å²) in [5.74, 6) is -2.29. The lowest BCUT2D eigenvalue weighted by atomic mass is 10.0. The second-order valence-electron chi connectivity index (χ2n) is 3.78. The highest BCUT2D eigenvalue weighted by molar-refractivity contribution is 9.10.